The Hall–Kier alpha value is -1.96. The SMILES string of the molecule is CN1CCc2nc(NC(=O)[C@@H]3CCCN(C(=O)c4ccc(Cl)cc4)C3)sc2C1. The summed E-state index contributed by atoms with van der Waals surface area (Å²) in [7, 11) is 2.09. The number of likely N-dealkylation sites (N-methyl/N-ethyl adjacent to an activating group) is 1. The van der Waals surface area contributed by atoms with Crippen LogP contribution in [0.15, 0.2) is 24.3 Å². The Morgan fingerprint density at radius 1 is 1.25 bits per heavy atom. The molecule has 2 amide bonds. The molecular formula is C20H23ClN4O2S. The second-order valence-corrected chi connectivity index (χ2v) is 8.98. The Morgan fingerprint density at radius 3 is 2.82 bits per heavy atom. The molecule has 1 atom stereocenters. The summed E-state index contributed by atoms with van der Waals surface area (Å²) in [4.78, 5) is 35.4. The fourth-order valence-corrected chi connectivity index (χ4v) is 4.95. The molecule has 2 aromatic rings. The van der Waals surface area contributed by atoms with Gasteiger partial charge in [-0.05, 0) is 44.2 Å². The largest absolute Gasteiger partial charge is 0.338 e. The van der Waals surface area contributed by atoms with E-state index in [-0.39, 0.29) is 17.7 Å². The van der Waals surface area contributed by atoms with Crippen LogP contribution in [0.25, 0.3) is 0 Å². The van der Waals surface area contributed by atoms with Crippen LogP contribution in [0.3, 0.4) is 0 Å². The van der Waals surface area contributed by atoms with Crippen LogP contribution in [0.5, 0.6) is 0 Å². The molecule has 1 aromatic carbocycles. The molecule has 1 N–H and O–H groups in total. The summed E-state index contributed by atoms with van der Waals surface area (Å²) in [6, 6.07) is 6.88. The normalized spacial score (nSPS) is 19.9. The van der Waals surface area contributed by atoms with Crippen molar-refractivity contribution in [2.75, 3.05) is 32.0 Å². The monoisotopic (exact) mass is 418 g/mol. The van der Waals surface area contributed by atoms with E-state index < -0.39 is 0 Å². The van der Waals surface area contributed by atoms with E-state index in [9.17, 15) is 9.59 Å². The zero-order valence-corrected chi connectivity index (χ0v) is 17.4. The predicted octanol–water partition coefficient (Wildman–Crippen LogP) is 3.28. The lowest BCUT2D eigenvalue weighted by atomic mass is 9.96. The van der Waals surface area contributed by atoms with Crippen LogP contribution in [0.1, 0.15) is 33.8 Å². The first-order valence-electron chi connectivity index (χ1n) is 9.52. The van der Waals surface area contributed by atoms with E-state index in [0.29, 0.717) is 28.8 Å². The van der Waals surface area contributed by atoms with E-state index in [1.807, 2.05) is 0 Å². The van der Waals surface area contributed by atoms with Crippen molar-refractivity contribution in [2.24, 2.45) is 5.92 Å². The number of anilines is 1. The highest BCUT2D eigenvalue weighted by Crippen LogP contribution is 2.29. The van der Waals surface area contributed by atoms with Gasteiger partial charge < -0.3 is 15.1 Å². The maximum absolute atomic E-state index is 12.8. The third kappa shape index (κ3) is 4.21. The van der Waals surface area contributed by atoms with Gasteiger partial charge >= 0.3 is 0 Å². The quantitative estimate of drug-likeness (QED) is 0.830. The van der Waals surface area contributed by atoms with Crippen LogP contribution in [-0.2, 0) is 17.8 Å². The van der Waals surface area contributed by atoms with E-state index in [0.717, 1.165) is 38.0 Å². The molecule has 2 aliphatic rings. The number of hydrogen-bond donors (Lipinski definition) is 1. The number of piperidine rings is 1. The van der Waals surface area contributed by atoms with Gasteiger partial charge in [-0.3, -0.25) is 9.59 Å². The van der Waals surface area contributed by atoms with Crippen molar-refractivity contribution >= 4 is 39.9 Å². The summed E-state index contributed by atoms with van der Waals surface area (Å²) >= 11 is 7.46. The van der Waals surface area contributed by atoms with Gasteiger partial charge in [0, 0.05) is 48.1 Å². The summed E-state index contributed by atoms with van der Waals surface area (Å²) in [6.07, 6.45) is 2.52. The highest BCUT2D eigenvalue weighted by Gasteiger charge is 2.30. The smallest absolute Gasteiger partial charge is 0.253 e. The van der Waals surface area contributed by atoms with E-state index in [1.165, 1.54) is 4.88 Å². The zero-order chi connectivity index (χ0) is 19.7. The first-order valence-corrected chi connectivity index (χ1v) is 10.7. The van der Waals surface area contributed by atoms with Crippen LogP contribution >= 0.6 is 22.9 Å². The van der Waals surface area contributed by atoms with Gasteiger partial charge in [0.1, 0.15) is 0 Å². The molecule has 0 bridgehead atoms. The average molecular weight is 419 g/mol. The third-order valence-corrected chi connectivity index (χ3v) is 6.57. The van der Waals surface area contributed by atoms with Crippen molar-refractivity contribution in [2.45, 2.75) is 25.8 Å². The standard InChI is InChI=1S/C20H23ClN4O2S/c1-24-10-8-16-17(12-24)28-20(22-16)23-18(26)14-3-2-9-25(11-14)19(27)13-4-6-15(21)7-5-13/h4-7,14H,2-3,8-12H2,1H3,(H,22,23,26)/t14-/m1/s1. The molecule has 0 spiro atoms. The zero-order valence-electron chi connectivity index (χ0n) is 15.8. The van der Waals surface area contributed by atoms with E-state index in [4.69, 9.17) is 11.6 Å². The second kappa shape index (κ2) is 8.19. The molecule has 0 radical (unpaired) electrons. The van der Waals surface area contributed by atoms with Crippen LogP contribution in [-0.4, -0.2) is 53.3 Å². The minimum atomic E-state index is -0.214. The number of nitrogens with zero attached hydrogens (tertiary/aromatic N) is 3. The van der Waals surface area contributed by atoms with Crippen LogP contribution < -0.4 is 5.32 Å². The molecule has 1 aromatic heterocycles. The molecule has 6 nitrogen and oxygen atoms in total. The van der Waals surface area contributed by atoms with Gasteiger partial charge in [-0.2, -0.15) is 0 Å². The first kappa shape index (κ1) is 19.4. The van der Waals surface area contributed by atoms with Crippen molar-refractivity contribution in [1.82, 2.24) is 14.8 Å². The molecule has 3 heterocycles. The number of rotatable bonds is 3. The number of likely N-dealkylation sites (tertiary alicyclic amines) is 1. The summed E-state index contributed by atoms with van der Waals surface area (Å²) in [5.74, 6) is -0.316. The van der Waals surface area contributed by atoms with E-state index in [2.05, 4.69) is 22.2 Å². The molecule has 0 aliphatic carbocycles. The molecule has 2 aliphatic heterocycles. The highest BCUT2D eigenvalue weighted by atomic mass is 35.5. The summed E-state index contributed by atoms with van der Waals surface area (Å²) < 4.78 is 0. The Labute approximate surface area is 173 Å². The van der Waals surface area contributed by atoms with Crippen molar-refractivity contribution in [3.05, 3.63) is 45.4 Å². The number of aromatic nitrogens is 1. The molecule has 8 heteroatoms. The summed E-state index contributed by atoms with van der Waals surface area (Å²) in [5.41, 5.74) is 1.70. The molecule has 0 unspecified atom stereocenters. The van der Waals surface area contributed by atoms with Crippen molar-refractivity contribution in [3.63, 3.8) is 0 Å². The third-order valence-electron chi connectivity index (χ3n) is 5.32. The Kier molecular flexibility index (Phi) is 5.66. The van der Waals surface area contributed by atoms with Crippen molar-refractivity contribution < 1.29 is 9.59 Å². The van der Waals surface area contributed by atoms with Gasteiger partial charge in [-0.25, -0.2) is 4.98 Å². The minimum absolute atomic E-state index is 0.0481. The Balaban J connectivity index is 1.39. The highest BCUT2D eigenvalue weighted by molar-refractivity contribution is 7.15. The number of carbonyl (C=O) groups excluding carboxylic acids is 2. The molecule has 28 heavy (non-hydrogen) atoms. The summed E-state index contributed by atoms with van der Waals surface area (Å²) in [6.45, 7) is 2.98. The van der Waals surface area contributed by atoms with Crippen molar-refractivity contribution in [1.29, 1.82) is 0 Å². The minimum Gasteiger partial charge on any atom is -0.338 e. The number of hydrogen-bond acceptors (Lipinski definition) is 5. The number of halogens is 1. The molecule has 1 fully saturated rings. The van der Waals surface area contributed by atoms with Gasteiger partial charge in [-0.1, -0.05) is 11.6 Å². The predicted molar refractivity (Wildman–Crippen MR) is 111 cm³/mol. The molecule has 148 valence electrons. The number of benzene rings is 1. The number of thiazole rings is 1. The topological polar surface area (TPSA) is 65.5 Å². The number of carbonyl (C=O) groups is 2. The first-order chi connectivity index (χ1) is 13.5. The summed E-state index contributed by atoms with van der Waals surface area (Å²) in [5, 5.41) is 4.26. The second-order valence-electron chi connectivity index (χ2n) is 7.46. The van der Waals surface area contributed by atoms with Crippen LogP contribution in [0, 0.1) is 5.92 Å². The van der Waals surface area contributed by atoms with Gasteiger partial charge in [0.05, 0.1) is 11.6 Å². The fraction of sp³-hybridized carbons (Fsp3) is 0.450. The van der Waals surface area contributed by atoms with E-state index in [1.54, 1.807) is 40.5 Å². The number of fused-ring (bicyclic) bond motifs is 1. The van der Waals surface area contributed by atoms with Crippen LogP contribution in [0.4, 0.5) is 5.13 Å². The maximum atomic E-state index is 12.8. The lowest BCUT2D eigenvalue weighted by molar-refractivity contribution is -0.121. The van der Waals surface area contributed by atoms with Crippen LogP contribution in [0.2, 0.25) is 5.02 Å². The van der Waals surface area contributed by atoms with Gasteiger partial charge in [-0.15, -0.1) is 11.3 Å². The van der Waals surface area contributed by atoms with Gasteiger partial charge in [0.2, 0.25) is 5.91 Å². The maximum Gasteiger partial charge on any atom is 0.253 e. The Morgan fingerprint density at radius 2 is 2.04 bits per heavy atom. The van der Waals surface area contributed by atoms with E-state index >= 15 is 0 Å². The molecule has 0 saturated carbocycles. The number of amides is 2. The number of nitrogens with one attached hydrogen (secondary N) is 1. The molecule has 4 rings (SSSR count). The van der Waals surface area contributed by atoms with Crippen molar-refractivity contribution in [3.8, 4) is 0 Å². The lowest BCUT2D eigenvalue weighted by Gasteiger charge is -2.32. The Bertz CT molecular complexity index is 883. The van der Waals surface area contributed by atoms with Gasteiger partial charge in [0.15, 0.2) is 5.13 Å². The average Bonchev–Trinajstić information content (AvgIpc) is 3.09. The molecular weight excluding hydrogens is 396 g/mol. The fourth-order valence-electron chi connectivity index (χ4n) is 3.73. The lowest BCUT2D eigenvalue weighted by Crippen LogP contribution is -2.43. The van der Waals surface area contributed by atoms with Gasteiger partial charge in [0.25, 0.3) is 5.91 Å². The molecule has 1 saturated heterocycles.